The molecule has 1 aromatic heterocycles. The molecule has 0 bridgehead atoms. The van der Waals surface area contributed by atoms with Crippen LogP contribution in [0.5, 0.6) is 5.75 Å². The van der Waals surface area contributed by atoms with E-state index in [4.69, 9.17) is 4.74 Å². The van der Waals surface area contributed by atoms with Gasteiger partial charge in [-0.2, -0.15) is 0 Å². The van der Waals surface area contributed by atoms with Crippen LogP contribution in [0, 0.1) is 0 Å². The lowest BCUT2D eigenvalue weighted by Crippen LogP contribution is -2.40. The van der Waals surface area contributed by atoms with Crippen LogP contribution < -0.4 is 15.4 Å². The molecule has 3 rings (SSSR count). The Morgan fingerprint density at radius 2 is 1.91 bits per heavy atom. The SMILES string of the molecule is CCOc1ccccc1CN(CCCn1ccnc1)C(=O)Nc1cccc(C(=O)NC(C)(C)C)c1. The molecule has 3 aromatic rings. The summed E-state index contributed by atoms with van der Waals surface area (Å²) in [6, 6.07) is 14.5. The first-order chi connectivity index (χ1) is 16.7. The number of aryl methyl sites for hydroxylation is 1. The molecule has 2 N–H and O–H groups in total. The minimum Gasteiger partial charge on any atom is -0.494 e. The zero-order valence-electron chi connectivity index (χ0n) is 21.0. The van der Waals surface area contributed by atoms with E-state index < -0.39 is 0 Å². The van der Waals surface area contributed by atoms with E-state index in [1.54, 1.807) is 41.7 Å². The lowest BCUT2D eigenvalue weighted by Gasteiger charge is -2.25. The van der Waals surface area contributed by atoms with Crippen LogP contribution in [-0.4, -0.2) is 45.1 Å². The molecule has 0 radical (unpaired) electrons. The maximum Gasteiger partial charge on any atom is 0.322 e. The number of hydrogen-bond donors (Lipinski definition) is 2. The fourth-order valence-corrected chi connectivity index (χ4v) is 3.61. The second-order valence-corrected chi connectivity index (χ2v) is 9.33. The molecule has 0 atom stereocenters. The number of carbonyl (C=O) groups is 2. The lowest BCUT2D eigenvalue weighted by molar-refractivity contribution is 0.0919. The first-order valence-electron chi connectivity index (χ1n) is 11.9. The third-order valence-corrected chi connectivity index (χ3v) is 5.19. The Morgan fingerprint density at radius 3 is 2.63 bits per heavy atom. The molecule has 0 unspecified atom stereocenters. The van der Waals surface area contributed by atoms with Gasteiger partial charge in [-0.25, -0.2) is 9.78 Å². The average Bonchev–Trinajstić information content (AvgIpc) is 3.32. The summed E-state index contributed by atoms with van der Waals surface area (Å²) < 4.78 is 7.75. The number of ether oxygens (including phenoxy) is 1. The monoisotopic (exact) mass is 477 g/mol. The summed E-state index contributed by atoms with van der Waals surface area (Å²) in [5.41, 5.74) is 1.64. The van der Waals surface area contributed by atoms with Crippen molar-refractivity contribution in [3.8, 4) is 5.75 Å². The van der Waals surface area contributed by atoms with Crippen LogP contribution in [-0.2, 0) is 13.1 Å². The normalized spacial score (nSPS) is 11.1. The van der Waals surface area contributed by atoms with Crippen LogP contribution in [0.15, 0.2) is 67.3 Å². The van der Waals surface area contributed by atoms with E-state index in [1.165, 1.54) is 0 Å². The van der Waals surface area contributed by atoms with Gasteiger partial charge in [0.15, 0.2) is 0 Å². The van der Waals surface area contributed by atoms with Gasteiger partial charge in [-0.05, 0) is 58.4 Å². The van der Waals surface area contributed by atoms with E-state index in [-0.39, 0.29) is 17.5 Å². The smallest absolute Gasteiger partial charge is 0.322 e. The quantitative estimate of drug-likeness (QED) is 0.433. The fourth-order valence-electron chi connectivity index (χ4n) is 3.61. The van der Waals surface area contributed by atoms with Gasteiger partial charge in [0.2, 0.25) is 0 Å². The van der Waals surface area contributed by atoms with Crippen molar-refractivity contribution < 1.29 is 14.3 Å². The molecule has 0 saturated carbocycles. The van der Waals surface area contributed by atoms with Gasteiger partial charge in [-0.1, -0.05) is 24.3 Å². The summed E-state index contributed by atoms with van der Waals surface area (Å²) in [5, 5.41) is 5.91. The van der Waals surface area contributed by atoms with Crippen LogP contribution in [0.4, 0.5) is 10.5 Å². The summed E-state index contributed by atoms with van der Waals surface area (Å²) in [6.45, 7) is 9.96. The number of aromatic nitrogens is 2. The molecule has 8 heteroatoms. The van der Waals surface area contributed by atoms with E-state index in [0.29, 0.717) is 30.9 Å². The maximum absolute atomic E-state index is 13.3. The number of amides is 3. The van der Waals surface area contributed by atoms with Gasteiger partial charge in [0, 0.05) is 47.8 Å². The fraction of sp³-hybridized carbons (Fsp3) is 0.370. The predicted molar refractivity (Wildman–Crippen MR) is 138 cm³/mol. The highest BCUT2D eigenvalue weighted by molar-refractivity contribution is 5.97. The standard InChI is InChI=1S/C27H35N5O3/c1-5-35-24-13-7-6-10-22(24)19-32(16-9-15-31-17-14-28-20-31)26(34)29-23-12-8-11-21(18-23)25(33)30-27(2,3)4/h6-8,10-14,17-18,20H,5,9,15-16,19H2,1-4H3,(H,29,34)(H,30,33). The summed E-state index contributed by atoms with van der Waals surface area (Å²) in [6.07, 6.45) is 6.17. The summed E-state index contributed by atoms with van der Waals surface area (Å²) in [4.78, 5) is 31.8. The van der Waals surface area contributed by atoms with E-state index in [0.717, 1.165) is 24.3 Å². The molecule has 2 aromatic carbocycles. The largest absolute Gasteiger partial charge is 0.494 e. The first-order valence-corrected chi connectivity index (χ1v) is 11.9. The number of carbonyl (C=O) groups excluding carboxylic acids is 2. The Labute approximate surface area is 207 Å². The van der Waals surface area contributed by atoms with Gasteiger partial charge < -0.3 is 24.8 Å². The molecule has 0 spiro atoms. The van der Waals surface area contributed by atoms with E-state index in [2.05, 4.69) is 15.6 Å². The highest BCUT2D eigenvalue weighted by atomic mass is 16.5. The topological polar surface area (TPSA) is 88.5 Å². The third-order valence-electron chi connectivity index (χ3n) is 5.19. The Hall–Kier alpha value is -3.81. The lowest BCUT2D eigenvalue weighted by atomic mass is 10.1. The Balaban J connectivity index is 1.74. The molecule has 3 amide bonds. The van der Waals surface area contributed by atoms with Gasteiger partial charge in [-0.15, -0.1) is 0 Å². The zero-order chi connectivity index (χ0) is 25.3. The van der Waals surface area contributed by atoms with Crippen LogP contribution in [0.1, 0.15) is 50.0 Å². The molecule has 0 aliphatic heterocycles. The van der Waals surface area contributed by atoms with Crippen LogP contribution in [0.25, 0.3) is 0 Å². The molecule has 186 valence electrons. The summed E-state index contributed by atoms with van der Waals surface area (Å²) in [5.74, 6) is 0.583. The van der Waals surface area contributed by atoms with Gasteiger partial charge in [0.1, 0.15) is 5.75 Å². The van der Waals surface area contributed by atoms with Crippen LogP contribution in [0.3, 0.4) is 0 Å². The van der Waals surface area contributed by atoms with Gasteiger partial charge >= 0.3 is 6.03 Å². The number of benzene rings is 2. The molecule has 35 heavy (non-hydrogen) atoms. The Bertz CT molecular complexity index is 1110. The van der Waals surface area contributed by atoms with Crippen LogP contribution >= 0.6 is 0 Å². The number of hydrogen-bond acceptors (Lipinski definition) is 4. The Morgan fingerprint density at radius 1 is 1.11 bits per heavy atom. The second kappa shape index (κ2) is 12.1. The van der Waals surface area contributed by atoms with Crippen molar-refractivity contribution in [3.05, 3.63) is 78.4 Å². The molecular formula is C27H35N5O3. The molecule has 0 aliphatic carbocycles. The average molecular weight is 478 g/mol. The zero-order valence-corrected chi connectivity index (χ0v) is 21.0. The number of nitrogens with one attached hydrogen (secondary N) is 2. The van der Waals surface area contributed by atoms with Crippen molar-refractivity contribution in [1.29, 1.82) is 0 Å². The van der Waals surface area contributed by atoms with Crippen molar-refractivity contribution in [2.24, 2.45) is 0 Å². The van der Waals surface area contributed by atoms with Crippen molar-refractivity contribution >= 4 is 17.6 Å². The van der Waals surface area contributed by atoms with E-state index in [1.807, 2.05) is 62.7 Å². The molecule has 1 heterocycles. The third kappa shape index (κ3) is 8.17. The van der Waals surface area contributed by atoms with E-state index in [9.17, 15) is 9.59 Å². The van der Waals surface area contributed by atoms with Crippen molar-refractivity contribution in [2.45, 2.75) is 52.7 Å². The molecular weight excluding hydrogens is 442 g/mol. The molecule has 0 fully saturated rings. The van der Waals surface area contributed by atoms with Crippen molar-refractivity contribution in [3.63, 3.8) is 0 Å². The number of anilines is 1. The second-order valence-electron chi connectivity index (χ2n) is 9.33. The molecule has 0 saturated heterocycles. The predicted octanol–water partition coefficient (Wildman–Crippen LogP) is 4.93. The van der Waals surface area contributed by atoms with Gasteiger partial charge in [0.25, 0.3) is 5.91 Å². The number of rotatable bonds is 10. The number of nitrogens with zero attached hydrogens (tertiary/aromatic N) is 3. The van der Waals surface area contributed by atoms with E-state index >= 15 is 0 Å². The van der Waals surface area contributed by atoms with Crippen molar-refractivity contribution in [2.75, 3.05) is 18.5 Å². The number of para-hydroxylation sites is 1. The van der Waals surface area contributed by atoms with Crippen LogP contribution in [0.2, 0.25) is 0 Å². The Kier molecular flexibility index (Phi) is 8.89. The maximum atomic E-state index is 13.3. The molecule has 8 nitrogen and oxygen atoms in total. The number of imidazole rings is 1. The highest BCUT2D eigenvalue weighted by Gasteiger charge is 2.18. The summed E-state index contributed by atoms with van der Waals surface area (Å²) in [7, 11) is 0. The summed E-state index contributed by atoms with van der Waals surface area (Å²) >= 11 is 0. The molecule has 0 aliphatic rings. The highest BCUT2D eigenvalue weighted by Crippen LogP contribution is 2.21. The van der Waals surface area contributed by atoms with Gasteiger partial charge in [0.05, 0.1) is 19.5 Å². The first kappa shape index (κ1) is 25.8. The number of urea groups is 1. The van der Waals surface area contributed by atoms with Gasteiger partial charge in [-0.3, -0.25) is 4.79 Å². The minimum atomic E-state index is -0.351. The minimum absolute atomic E-state index is 0.184. The van der Waals surface area contributed by atoms with Crippen molar-refractivity contribution in [1.82, 2.24) is 19.8 Å².